The second-order valence-electron chi connectivity index (χ2n) is 3.09. The van der Waals surface area contributed by atoms with Crippen molar-refractivity contribution >= 4 is 32.6 Å². The van der Waals surface area contributed by atoms with Crippen molar-refractivity contribution in [2.24, 2.45) is 0 Å². The molecule has 0 atom stereocenters. The van der Waals surface area contributed by atoms with Gasteiger partial charge in [-0.05, 0) is 35.0 Å². The van der Waals surface area contributed by atoms with Gasteiger partial charge in [0, 0.05) is 21.6 Å². The molecule has 0 aliphatic rings. The van der Waals surface area contributed by atoms with Crippen LogP contribution in [0.5, 0.6) is 0 Å². The smallest absolute Gasteiger partial charge is 0.161 e. The van der Waals surface area contributed by atoms with Crippen LogP contribution in [0.1, 0.15) is 17.3 Å². The monoisotopic (exact) mass is 249 g/mol. The van der Waals surface area contributed by atoms with Crippen molar-refractivity contribution < 1.29 is 4.79 Å². The Bertz CT molecular complexity index is 508. The first kappa shape index (κ1) is 9.34. The number of rotatable bonds is 1. The highest BCUT2D eigenvalue weighted by Crippen LogP contribution is 2.22. The van der Waals surface area contributed by atoms with Gasteiger partial charge in [-0.25, -0.2) is 0 Å². The highest BCUT2D eigenvalue weighted by Gasteiger charge is 2.03. The van der Waals surface area contributed by atoms with Crippen molar-refractivity contribution in [1.29, 1.82) is 0 Å². The lowest BCUT2D eigenvalue weighted by atomic mass is 10.1. The van der Waals surface area contributed by atoms with Crippen molar-refractivity contribution in [2.45, 2.75) is 6.92 Å². The number of para-hydroxylation sites is 1. The lowest BCUT2D eigenvalue weighted by Crippen LogP contribution is -1.93. The molecule has 0 spiro atoms. The fourth-order valence-corrected chi connectivity index (χ4v) is 1.80. The molecule has 14 heavy (non-hydrogen) atoms. The fraction of sp³-hybridized carbons (Fsp3) is 0.0909. The summed E-state index contributed by atoms with van der Waals surface area (Å²) < 4.78 is 0.949. The lowest BCUT2D eigenvalue weighted by Gasteiger charge is -2.00. The van der Waals surface area contributed by atoms with Crippen LogP contribution < -0.4 is 0 Å². The Morgan fingerprint density at radius 1 is 1.43 bits per heavy atom. The van der Waals surface area contributed by atoms with E-state index in [0.29, 0.717) is 5.56 Å². The molecule has 0 N–H and O–H groups in total. The molecule has 0 aliphatic carbocycles. The summed E-state index contributed by atoms with van der Waals surface area (Å²) in [5, 5.41) is 0.979. The Morgan fingerprint density at radius 2 is 2.21 bits per heavy atom. The number of benzene rings is 1. The van der Waals surface area contributed by atoms with Gasteiger partial charge in [0.2, 0.25) is 0 Å². The zero-order valence-electron chi connectivity index (χ0n) is 7.62. The summed E-state index contributed by atoms with van der Waals surface area (Å²) in [5.41, 5.74) is 1.54. The molecule has 70 valence electrons. The summed E-state index contributed by atoms with van der Waals surface area (Å²) in [4.78, 5) is 15.4. The van der Waals surface area contributed by atoms with Crippen molar-refractivity contribution in [3.05, 3.63) is 40.5 Å². The number of hydrogen-bond donors (Lipinski definition) is 0. The summed E-state index contributed by atoms with van der Waals surface area (Å²) >= 11 is 3.41. The van der Waals surface area contributed by atoms with Gasteiger partial charge in [0.15, 0.2) is 5.78 Å². The molecule has 1 aromatic carbocycles. The standard InChI is InChI=1S/C11H8BrNO/c1-7(14)9-5-8-3-2-4-10(12)11(8)13-6-9/h2-6H,1H3. The maximum atomic E-state index is 11.1. The molecular formula is C11H8BrNO. The van der Waals surface area contributed by atoms with Crippen LogP contribution in [-0.2, 0) is 0 Å². The minimum Gasteiger partial charge on any atom is -0.294 e. The SMILES string of the molecule is CC(=O)c1cnc2c(Br)cccc2c1. The van der Waals surface area contributed by atoms with E-state index in [9.17, 15) is 4.79 Å². The van der Waals surface area contributed by atoms with Crippen molar-refractivity contribution in [1.82, 2.24) is 4.98 Å². The van der Waals surface area contributed by atoms with E-state index >= 15 is 0 Å². The minimum absolute atomic E-state index is 0.0411. The number of nitrogens with zero attached hydrogens (tertiary/aromatic N) is 1. The van der Waals surface area contributed by atoms with Crippen molar-refractivity contribution in [3.8, 4) is 0 Å². The molecule has 1 aromatic heterocycles. The molecule has 0 bridgehead atoms. The Balaban J connectivity index is 2.73. The van der Waals surface area contributed by atoms with Crippen LogP contribution in [0.2, 0.25) is 0 Å². The molecule has 0 aliphatic heterocycles. The van der Waals surface area contributed by atoms with Crippen LogP contribution in [0.15, 0.2) is 34.9 Å². The molecule has 2 rings (SSSR count). The highest BCUT2D eigenvalue weighted by molar-refractivity contribution is 9.10. The van der Waals surface area contributed by atoms with Crippen molar-refractivity contribution in [2.75, 3.05) is 0 Å². The molecule has 1 heterocycles. The van der Waals surface area contributed by atoms with Gasteiger partial charge < -0.3 is 0 Å². The predicted molar refractivity (Wildman–Crippen MR) is 59.4 cm³/mol. The topological polar surface area (TPSA) is 30.0 Å². The van der Waals surface area contributed by atoms with E-state index in [4.69, 9.17) is 0 Å². The molecule has 0 amide bonds. The molecule has 0 fully saturated rings. The van der Waals surface area contributed by atoms with Crippen LogP contribution >= 0.6 is 15.9 Å². The molecule has 0 saturated carbocycles. The average molecular weight is 250 g/mol. The summed E-state index contributed by atoms with van der Waals surface area (Å²) in [6, 6.07) is 7.66. The number of aromatic nitrogens is 1. The van der Waals surface area contributed by atoms with E-state index < -0.39 is 0 Å². The minimum atomic E-state index is 0.0411. The van der Waals surface area contributed by atoms with E-state index in [0.717, 1.165) is 15.4 Å². The summed E-state index contributed by atoms with van der Waals surface area (Å²) in [6.45, 7) is 1.54. The molecule has 2 nitrogen and oxygen atoms in total. The van der Waals surface area contributed by atoms with Gasteiger partial charge >= 0.3 is 0 Å². The number of Topliss-reactive ketones (excluding diaryl/α,β-unsaturated/α-hetero) is 1. The van der Waals surface area contributed by atoms with Crippen LogP contribution in [0.4, 0.5) is 0 Å². The van der Waals surface area contributed by atoms with Gasteiger partial charge in [-0.2, -0.15) is 0 Å². The van der Waals surface area contributed by atoms with Gasteiger partial charge in [0.1, 0.15) is 0 Å². The molecule has 2 aromatic rings. The van der Waals surface area contributed by atoms with Gasteiger partial charge in [0.25, 0.3) is 0 Å². The second-order valence-corrected chi connectivity index (χ2v) is 3.95. The Labute approximate surface area is 90.1 Å². The fourth-order valence-electron chi connectivity index (χ4n) is 1.32. The molecule has 3 heteroatoms. The van der Waals surface area contributed by atoms with Gasteiger partial charge in [-0.3, -0.25) is 9.78 Å². The van der Waals surface area contributed by atoms with E-state index in [-0.39, 0.29) is 5.78 Å². The number of carbonyl (C=O) groups excluding carboxylic acids is 1. The number of pyridine rings is 1. The maximum Gasteiger partial charge on any atom is 0.161 e. The largest absolute Gasteiger partial charge is 0.294 e. The number of hydrogen-bond acceptors (Lipinski definition) is 2. The van der Waals surface area contributed by atoms with Crippen molar-refractivity contribution in [3.63, 3.8) is 0 Å². The zero-order valence-corrected chi connectivity index (χ0v) is 9.21. The normalized spacial score (nSPS) is 10.4. The predicted octanol–water partition coefficient (Wildman–Crippen LogP) is 3.20. The van der Waals surface area contributed by atoms with E-state index in [1.54, 1.807) is 13.1 Å². The van der Waals surface area contributed by atoms with Crippen LogP contribution in [0, 0.1) is 0 Å². The first-order chi connectivity index (χ1) is 6.68. The Kier molecular flexibility index (Phi) is 2.33. The Morgan fingerprint density at radius 3 is 2.93 bits per heavy atom. The van der Waals surface area contributed by atoms with E-state index in [2.05, 4.69) is 20.9 Å². The lowest BCUT2D eigenvalue weighted by molar-refractivity contribution is 0.101. The van der Waals surface area contributed by atoms with Crippen LogP contribution in [0.25, 0.3) is 10.9 Å². The molecule has 0 unspecified atom stereocenters. The quantitative estimate of drug-likeness (QED) is 0.727. The summed E-state index contributed by atoms with van der Waals surface area (Å²) in [6.07, 6.45) is 1.61. The first-order valence-electron chi connectivity index (χ1n) is 4.23. The van der Waals surface area contributed by atoms with E-state index in [1.807, 2.05) is 24.3 Å². The number of fused-ring (bicyclic) bond motifs is 1. The van der Waals surface area contributed by atoms with Gasteiger partial charge in [0.05, 0.1) is 5.52 Å². The van der Waals surface area contributed by atoms with Crippen LogP contribution in [-0.4, -0.2) is 10.8 Å². The van der Waals surface area contributed by atoms with E-state index in [1.165, 1.54) is 0 Å². The Hall–Kier alpha value is -1.22. The summed E-state index contributed by atoms with van der Waals surface area (Å²) in [7, 11) is 0. The zero-order chi connectivity index (χ0) is 10.1. The maximum absolute atomic E-state index is 11.1. The average Bonchev–Trinajstić information content (AvgIpc) is 2.17. The molecule has 0 saturated heterocycles. The second kappa shape index (κ2) is 3.50. The highest BCUT2D eigenvalue weighted by atomic mass is 79.9. The van der Waals surface area contributed by atoms with Gasteiger partial charge in [-0.1, -0.05) is 12.1 Å². The third-order valence-corrected chi connectivity index (χ3v) is 2.71. The number of ketones is 1. The van der Waals surface area contributed by atoms with Crippen LogP contribution in [0.3, 0.4) is 0 Å². The number of carbonyl (C=O) groups is 1. The molecule has 0 radical (unpaired) electrons. The molecular weight excluding hydrogens is 242 g/mol. The number of halogens is 1. The summed E-state index contributed by atoms with van der Waals surface area (Å²) in [5.74, 6) is 0.0411. The van der Waals surface area contributed by atoms with Gasteiger partial charge in [-0.15, -0.1) is 0 Å². The third-order valence-electron chi connectivity index (χ3n) is 2.07. The first-order valence-corrected chi connectivity index (χ1v) is 5.03. The third kappa shape index (κ3) is 1.55.